The van der Waals surface area contributed by atoms with Crippen molar-refractivity contribution in [2.45, 2.75) is 81.1 Å². The quantitative estimate of drug-likeness (QED) is 0.750. The first-order valence-electron chi connectivity index (χ1n) is 8.68. The van der Waals surface area contributed by atoms with Crippen LogP contribution in [0.1, 0.15) is 75.7 Å². The van der Waals surface area contributed by atoms with Gasteiger partial charge in [-0.2, -0.15) is 8.42 Å². The van der Waals surface area contributed by atoms with Crippen LogP contribution in [0, 0.1) is 0 Å². The van der Waals surface area contributed by atoms with Crippen molar-refractivity contribution >= 4 is 10.1 Å². The molecule has 0 aliphatic heterocycles. The van der Waals surface area contributed by atoms with Crippen LogP contribution in [0.5, 0.6) is 0 Å². The van der Waals surface area contributed by atoms with E-state index in [2.05, 4.69) is 6.07 Å². The summed E-state index contributed by atoms with van der Waals surface area (Å²) in [4.78, 5) is 0.334. The molecule has 0 aromatic heterocycles. The normalized spacial score (nSPS) is 21.8. The van der Waals surface area contributed by atoms with Crippen LogP contribution >= 0.6 is 0 Å². The van der Waals surface area contributed by atoms with Crippen LogP contribution in [0.3, 0.4) is 0 Å². The van der Waals surface area contributed by atoms with E-state index in [1.807, 2.05) is 12.1 Å². The molecule has 4 heteroatoms. The van der Waals surface area contributed by atoms with Gasteiger partial charge in [0.15, 0.2) is 0 Å². The number of rotatable bonds is 4. The fourth-order valence-electron chi connectivity index (χ4n) is 3.76. The van der Waals surface area contributed by atoms with Gasteiger partial charge in [0.25, 0.3) is 10.1 Å². The number of hydrogen-bond acceptors (Lipinski definition) is 3. The molecule has 0 spiro atoms. The summed E-state index contributed by atoms with van der Waals surface area (Å²) >= 11 is 0. The van der Waals surface area contributed by atoms with Gasteiger partial charge < -0.3 is 0 Å². The Bertz CT molecular complexity index is 582. The summed E-state index contributed by atoms with van der Waals surface area (Å²) < 4.78 is 30.5. The predicted octanol–water partition coefficient (Wildman–Crippen LogP) is 4.77. The molecular formula is C18H26O3S. The number of benzene rings is 1. The first-order valence-corrected chi connectivity index (χ1v) is 10.1. The minimum absolute atomic E-state index is 0.128. The highest BCUT2D eigenvalue weighted by Gasteiger charge is 2.24. The van der Waals surface area contributed by atoms with Crippen molar-refractivity contribution in [3.63, 3.8) is 0 Å². The van der Waals surface area contributed by atoms with Crippen LogP contribution in [0.25, 0.3) is 0 Å². The zero-order valence-electron chi connectivity index (χ0n) is 13.2. The summed E-state index contributed by atoms with van der Waals surface area (Å²) in [5.41, 5.74) is 1.16. The molecule has 122 valence electrons. The van der Waals surface area contributed by atoms with Gasteiger partial charge in [-0.3, -0.25) is 4.18 Å². The van der Waals surface area contributed by atoms with Crippen LogP contribution in [0.2, 0.25) is 0 Å². The summed E-state index contributed by atoms with van der Waals surface area (Å²) in [5.74, 6) is 0.513. The summed E-state index contributed by atoms with van der Waals surface area (Å²) in [5, 5.41) is 0. The molecule has 0 bridgehead atoms. The van der Waals surface area contributed by atoms with E-state index in [1.165, 1.54) is 38.5 Å². The van der Waals surface area contributed by atoms with Gasteiger partial charge in [0.1, 0.15) is 0 Å². The summed E-state index contributed by atoms with van der Waals surface area (Å²) in [6.45, 7) is 0. The van der Waals surface area contributed by atoms with Crippen molar-refractivity contribution in [2.24, 2.45) is 0 Å². The lowest BCUT2D eigenvalue weighted by Gasteiger charge is -2.23. The SMILES string of the molecule is O=S(=O)(OC1CCCCC1)c1cccc(C2CCCCC2)c1. The molecule has 0 unspecified atom stereocenters. The van der Waals surface area contributed by atoms with Gasteiger partial charge in [0.05, 0.1) is 11.0 Å². The molecule has 0 heterocycles. The maximum Gasteiger partial charge on any atom is 0.297 e. The lowest BCUT2D eigenvalue weighted by Crippen LogP contribution is -2.21. The first-order chi connectivity index (χ1) is 10.6. The zero-order valence-corrected chi connectivity index (χ0v) is 14.0. The smallest absolute Gasteiger partial charge is 0.263 e. The van der Waals surface area contributed by atoms with E-state index >= 15 is 0 Å². The van der Waals surface area contributed by atoms with Gasteiger partial charge in [-0.15, -0.1) is 0 Å². The Morgan fingerprint density at radius 2 is 1.50 bits per heavy atom. The van der Waals surface area contributed by atoms with Crippen molar-refractivity contribution in [3.05, 3.63) is 29.8 Å². The minimum atomic E-state index is -3.62. The molecule has 2 saturated carbocycles. The molecule has 3 rings (SSSR count). The van der Waals surface area contributed by atoms with E-state index in [0.717, 1.165) is 31.2 Å². The molecular weight excluding hydrogens is 296 g/mol. The Morgan fingerprint density at radius 1 is 0.864 bits per heavy atom. The van der Waals surface area contributed by atoms with Gasteiger partial charge in [0, 0.05) is 0 Å². The van der Waals surface area contributed by atoms with Gasteiger partial charge >= 0.3 is 0 Å². The Balaban J connectivity index is 1.74. The summed E-state index contributed by atoms with van der Waals surface area (Å²) in [6, 6.07) is 7.44. The van der Waals surface area contributed by atoms with Crippen molar-refractivity contribution in [3.8, 4) is 0 Å². The molecule has 1 aromatic rings. The molecule has 0 N–H and O–H groups in total. The van der Waals surface area contributed by atoms with Crippen LogP contribution in [0.4, 0.5) is 0 Å². The average Bonchev–Trinajstić information content (AvgIpc) is 2.56. The fraction of sp³-hybridized carbons (Fsp3) is 0.667. The summed E-state index contributed by atoms with van der Waals surface area (Å²) in [7, 11) is -3.62. The zero-order chi connectivity index (χ0) is 15.4. The van der Waals surface area contributed by atoms with E-state index in [0.29, 0.717) is 10.8 Å². The van der Waals surface area contributed by atoms with Crippen LogP contribution in [0.15, 0.2) is 29.2 Å². The molecule has 2 aliphatic carbocycles. The van der Waals surface area contributed by atoms with Crippen molar-refractivity contribution < 1.29 is 12.6 Å². The van der Waals surface area contributed by atoms with E-state index in [4.69, 9.17) is 4.18 Å². The molecule has 1 aromatic carbocycles. The molecule has 2 fully saturated rings. The predicted molar refractivity (Wildman–Crippen MR) is 87.4 cm³/mol. The molecule has 2 aliphatic rings. The van der Waals surface area contributed by atoms with Crippen molar-refractivity contribution in [2.75, 3.05) is 0 Å². The maximum atomic E-state index is 12.5. The average molecular weight is 322 g/mol. The number of hydrogen-bond donors (Lipinski definition) is 0. The fourth-order valence-corrected chi connectivity index (χ4v) is 4.94. The van der Waals surface area contributed by atoms with E-state index < -0.39 is 10.1 Å². The Labute approximate surface area is 134 Å². The lowest BCUT2D eigenvalue weighted by atomic mass is 9.84. The Hall–Kier alpha value is -0.870. The molecule has 3 nitrogen and oxygen atoms in total. The second-order valence-electron chi connectivity index (χ2n) is 6.72. The summed E-state index contributed by atoms with van der Waals surface area (Å²) in [6.07, 6.45) is 11.1. The van der Waals surface area contributed by atoms with E-state index in [-0.39, 0.29) is 6.10 Å². The molecule has 0 radical (unpaired) electrons. The van der Waals surface area contributed by atoms with Crippen LogP contribution in [-0.4, -0.2) is 14.5 Å². The highest BCUT2D eigenvalue weighted by Crippen LogP contribution is 2.34. The van der Waals surface area contributed by atoms with Gasteiger partial charge in [-0.05, 0) is 49.3 Å². The Kier molecular flexibility index (Phi) is 5.19. The van der Waals surface area contributed by atoms with Crippen LogP contribution in [-0.2, 0) is 14.3 Å². The van der Waals surface area contributed by atoms with E-state index in [1.54, 1.807) is 6.07 Å². The minimum Gasteiger partial charge on any atom is -0.263 e. The standard InChI is InChI=1S/C18H26O3S/c19-22(20,21-17-11-5-2-6-12-17)18-13-7-10-16(14-18)15-8-3-1-4-9-15/h7,10,13-15,17H,1-6,8-9,11-12H2. The monoisotopic (exact) mass is 322 g/mol. The second kappa shape index (κ2) is 7.14. The third kappa shape index (κ3) is 3.90. The molecule has 0 saturated heterocycles. The molecule has 0 atom stereocenters. The van der Waals surface area contributed by atoms with Crippen LogP contribution < -0.4 is 0 Å². The third-order valence-electron chi connectivity index (χ3n) is 5.04. The van der Waals surface area contributed by atoms with Gasteiger partial charge in [-0.25, -0.2) is 0 Å². The molecule has 0 amide bonds. The van der Waals surface area contributed by atoms with Crippen molar-refractivity contribution in [1.29, 1.82) is 0 Å². The second-order valence-corrected chi connectivity index (χ2v) is 8.29. The van der Waals surface area contributed by atoms with Gasteiger partial charge in [0.2, 0.25) is 0 Å². The third-order valence-corrected chi connectivity index (χ3v) is 6.40. The largest absolute Gasteiger partial charge is 0.297 e. The molecule has 22 heavy (non-hydrogen) atoms. The first kappa shape index (κ1) is 16.0. The maximum absolute atomic E-state index is 12.5. The van der Waals surface area contributed by atoms with Crippen molar-refractivity contribution in [1.82, 2.24) is 0 Å². The van der Waals surface area contributed by atoms with E-state index in [9.17, 15) is 8.42 Å². The lowest BCUT2D eigenvalue weighted by molar-refractivity contribution is 0.162. The highest BCUT2D eigenvalue weighted by atomic mass is 32.2. The Morgan fingerprint density at radius 3 is 2.18 bits per heavy atom. The topological polar surface area (TPSA) is 43.4 Å². The highest BCUT2D eigenvalue weighted by molar-refractivity contribution is 7.86. The van der Waals surface area contributed by atoms with Gasteiger partial charge in [-0.1, -0.05) is 50.7 Å².